The van der Waals surface area contributed by atoms with Gasteiger partial charge in [0.15, 0.2) is 0 Å². The molecule has 0 saturated heterocycles. The number of benzene rings is 2. The zero-order valence-electron chi connectivity index (χ0n) is 10.0. The van der Waals surface area contributed by atoms with Gasteiger partial charge in [-0.25, -0.2) is 0 Å². The minimum atomic E-state index is -0.139. The average molecular weight is 360 g/mol. The molecule has 0 heterocycles. The summed E-state index contributed by atoms with van der Waals surface area (Å²) in [6, 6.07) is 13.1. The molecule has 0 bridgehead atoms. The Hall–Kier alpha value is -0.740. The molecule has 0 fully saturated rings. The highest BCUT2D eigenvalue weighted by molar-refractivity contribution is 9.10. The highest BCUT2D eigenvalue weighted by atomic mass is 79.9. The largest absolute Gasteiger partial charge is 0.376 e. The Kier molecular flexibility index (Phi) is 5.11. The molecule has 0 aromatic heterocycles. The number of rotatable bonds is 4. The number of hydrogen-bond donors (Lipinski definition) is 2. The maximum absolute atomic E-state index is 6.22. The quantitative estimate of drug-likeness (QED) is 0.817. The van der Waals surface area contributed by atoms with Crippen LogP contribution in [-0.2, 0) is 0 Å². The van der Waals surface area contributed by atoms with E-state index in [9.17, 15) is 0 Å². The fourth-order valence-corrected chi connectivity index (χ4v) is 2.92. The van der Waals surface area contributed by atoms with Crippen LogP contribution in [-0.4, -0.2) is 6.54 Å². The summed E-state index contributed by atoms with van der Waals surface area (Å²) in [7, 11) is 0. The summed E-state index contributed by atoms with van der Waals surface area (Å²) < 4.78 is 0.969. The van der Waals surface area contributed by atoms with Gasteiger partial charge >= 0.3 is 0 Å². The van der Waals surface area contributed by atoms with Crippen molar-refractivity contribution in [2.75, 3.05) is 11.9 Å². The standard InChI is InChI=1S/C14H13BrCl2N2/c15-9-4-1-2-7-12(9)19-13(8-18)14-10(16)5-3-6-11(14)17/h1-7,13,19H,8,18H2. The molecular formula is C14H13BrCl2N2. The lowest BCUT2D eigenvalue weighted by atomic mass is 10.1. The first-order valence-corrected chi connectivity index (χ1v) is 7.33. The molecule has 0 amide bonds. The van der Waals surface area contributed by atoms with E-state index in [1.165, 1.54) is 0 Å². The molecule has 2 aromatic rings. The highest BCUT2D eigenvalue weighted by Gasteiger charge is 2.17. The molecule has 5 heteroatoms. The summed E-state index contributed by atoms with van der Waals surface area (Å²) in [4.78, 5) is 0. The van der Waals surface area contributed by atoms with Gasteiger partial charge in [0.1, 0.15) is 0 Å². The topological polar surface area (TPSA) is 38.0 Å². The van der Waals surface area contributed by atoms with Crippen molar-refractivity contribution in [1.29, 1.82) is 0 Å². The van der Waals surface area contributed by atoms with Crippen LogP contribution in [0.5, 0.6) is 0 Å². The Balaban J connectivity index is 2.34. The van der Waals surface area contributed by atoms with Crippen LogP contribution in [0.1, 0.15) is 11.6 Å². The predicted octanol–water partition coefficient (Wildman–Crippen LogP) is 4.87. The third kappa shape index (κ3) is 3.42. The third-order valence-corrected chi connectivity index (χ3v) is 4.14. The molecular weight excluding hydrogens is 347 g/mol. The van der Waals surface area contributed by atoms with E-state index in [1.807, 2.05) is 42.5 Å². The minimum Gasteiger partial charge on any atom is -0.376 e. The molecule has 0 radical (unpaired) electrons. The molecule has 0 saturated carbocycles. The van der Waals surface area contributed by atoms with E-state index < -0.39 is 0 Å². The lowest BCUT2D eigenvalue weighted by Crippen LogP contribution is -2.21. The Morgan fingerprint density at radius 3 is 2.26 bits per heavy atom. The lowest BCUT2D eigenvalue weighted by molar-refractivity contribution is 0.790. The van der Waals surface area contributed by atoms with Gasteiger partial charge in [-0.3, -0.25) is 0 Å². The lowest BCUT2D eigenvalue weighted by Gasteiger charge is -2.21. The van der Waals surface area contributed by atoms with Crippen LogP contribution < -0.4 is 11.1 Å². The molecule has 100 valence electrons. The summed E-state index contributed by atoms with van der Waals surface area (Å²) in [5, 5.41) is 4.58. The molecule has 1 atom stereocenters. The van der Waals surface area contributed by atoms with Crippen molar-refractivity contribution in [1.82, 2.24) is 0 Å². The van der Waals surface area contributed by atoms with Crippen molar-refractivity contribution in [3.8, 4) is 0 Å². The Morgan fingerprint density at radius 2 is 1.68 bits per heavy atom. The number of anilines is 1. The van der Waals surface area contributed by atoms with Crippen molar-refractivity contribution in [2.45, 2.75) is 6.04 Å². The van der Waals surface area contributed by atoms with Crippen molar-refractivity contribution in [2.24, 2.45) is 5.73 Å². The fraction of sp³-hybridized carbons (Fsp3) is 0.143. The number of para-hydroxylation sites is 1. The molecule has 19 heavy (non-hydrogen) atoms. The molecule has 2 aromatic carbocycles. The van der Waals surface area contributed by atoms with E-state index in [0.717, 1.165) is 15.7 Å². The average Bonchev–Trinajstić information content (AvgIpc) is 2.39. The van der Waals surface area contributed by atoms with Gasteiger partial charge in [0.05, 0.1) is 6.04 Å². The van der Waals surface area contributed by atoms with Crippen LogP contribution >= 0.6 is 39.1 Å². The number of halogens is 3. The predicted molar refractivity (Wildman–Crippen MR) is 86.0 cm³/mol. The summed E-state index contributed by atoms with van der Waals surface area (Å²) in [5.74, 6) is 0. The van der Waals surface area contributed by atoms with Crippen LogP contribution in [0.2, 0.25) is 10.0 Å². The van der Waals surface area contributed by atoms with Gasteiger partial charge in [0.2, 0.25) is 0 Å². The molecule has 2 rings (SSSR count). The van der Waals surface area contributed by atoms with E-state index in [4.69, 9.17) is 28.9 Å². The molecule has 2 nitrogen and oxygen atoms in total. The summed E-state index contributed by atoms with van der Waals surface area (Å²) in [6.45, 7) is 0.394. The first-order valence-electron chi connectivity index (χ1n) is 5.78. The van der Waals surface area contributed by atoms with E-state index in [1.54, 1.807) is 0 Å². The van der Waals surface area contributed by atoms with Gasteiger partial charge in [-0.15, -0.1) is 0 Å². The molecule has 1 unspecified atom stereocenters. The maximum atomic E-state index is 6.22. The van der Waals surface area contributed by atoms with Crippen molar-refractivity contribution < 1.29 is 0 Å². The second kappa shape index (κ2) is 6.62. The Bertz CT molecular complexity index is 555. The smallest absolute Gasteiger partial charge is 0.0665 e. The molecule has 3 N–H and O–H groups in total. The molecule has 0 aliphatic carbocycles. The van der Waals surface area contributed by atoms with Crippen LogP contribution in [0.15, 0.2) is 46.9 Å². The molecule has 0 spiro atoms. The number of hydrogen-bond acceptors (Lipinski definition) is 2. The van der Waals surface area contributed by atoms with Gasteiger partial charge in [-0.1, -0.05) is 41.4 Å². The summed E-state index contributed by atoms with van der Waals surface area (Å²) in [5.41, 5.74) is 7.62. The van der Waals surface area contributed by atoms with Gasteiger partial charge in [-0.05, 0) is 40.2 Å². The minimum absolute atomic E-state index is 0.139. The van der Waals surface area contributed by atoms with Crippen LogP contribution in [0.4, 0.5) is 5.69 Å². The van der Waals surface area contributed by atoms with E-state index in [2.05, 4.69) is 21.2 Å². The number of nitrogens with one attached hydrogen (secondary N) is 1. The first kappa shape index (κ1) is 14.7. The SMILES string of the molecule is NCC(Nc1ccccc1Br)c1c(Cl)cccc1Cl. The second-order valence-electron chi connectivity index (χ2n) is 4.05. The highest BCUT2D eigenvalue weighted by Crippen LogP contribution is 2.33. The van der Waals surface area contributed by atoms with Gasteiger partial charge in [0, 0.05) is 32.3 Å². The monoisotopic (exact) mass is 358 g/mol. The van der Waals surface area contributed by atoms with Crippen molar-refractivity contribution in [3.63, 3.8) is 0 Å². The molecule has 0 aliphatic heterocycles. The van der Waals surface area contributed by atoms with E-state index in [0.29, 0.717) is 16.6 Å². The Labute approximate surface area is 131 Å². The van der Waals surface area contributed by atoms with Crippen LogP contribution in [0.25, 0.3) is 0 Å². The zero-order chi connectivity index (χ0) is 13.8. The van der Waals surface area contributed by atoms with Crippen molar-refractivity contribution >= 4 is 44.8 Å². The van der Waals surface area contributed by atoms with Crippen molar-refractivity contribution in [3.05, 3.63) is 62.5 Å². The van der Waals surface area contributed by atoms with E-state index >= 15 is 0 Å². The fourth-order valence-electron chi connectivity index (χ4n) is 1.86. The van der Waals surface area contributed by atoms with Crippen LogP contribution in [0, 0.1) is 0 Å². The summed E-state index contributed by atoms with van der Waals surface area (Å²) >= 11 is 15.9. The zero-order valence-corrected chi connectivity index (χ0v) is 13.1. The summed E-state index contributed by atoms with van der Waals surface area (Å²) in [6.07, 6.45) is 0. The van der Waals surface area contributed by atoms with E-state index in [-0.39, 0.29) is 6.04 Å². The van der Waals surface area contributed by atoms with Gasteiger partial charge in [0.25, 0.3) is 0 Å². The van der Waals surface area contributed by atoms with Gasteiger partial charge in [-0.2, -0.15) is 0 Å². The number of nitrogens with two attached hydrogens (primary N) is 1. The molecule has 0 aliphatic rings. The maximum Gasteiger partial charge on any atom is 0.0665 e. The van der Waals surface area contributed by atoms with Gasteiger partial charge < -0.3 is 11.1 Å². The second-order valence-corrected chi connectivity index (χ2v) is 5.72. The normalized spacial score (nSPS) is 12.2. The van der Waals surface area contributed by atoms with Crippen LogP contribution in [0.3, 0.4) is 0 Å². The third-order valence-electron chi connectivity index (χ3n) is 2.79. The Morgan fingerprint density at radius 1 is 1.05 bits per heavy atom. The first-order chi connectivity index (χ1) is 9.13.